The van der Waals surface area contributed by atoms with E-state index in [1.807, 2.05) is 0 Å². The molecule has 0 heterocycles. The van der Waals surface area contributed by atoms with Crippen molar-refractivity contribution in [2.45, 2.75) is 57.5 Å². The smallest absolute Gasteiger partial charge is 0.315 e. The molecule has 5 nitrogen and oxygen atoms in total. The molecule has 0 aromatic rings. The fourth-order valence-corrected chi connectivity index (χ4v) is 2.96. The Morgan fingerprint density at radius 3 is 2.68 bits per heavy atom. The van der Waals surface area contributed by atoms with E-state index in [9.17, 15) is 14.7 Å². The molecule has 3 atom stereocenters. The predicted molar refractivity (Wildman–Crippen MR) is 71.8 cm³/mol. The van der Waals surface area contributed by atoms with E-state index in [0.29, 0.717) is 6.42 Å². The molecule has 2 rings (SSSR count). The highest BCUT2D eigenvalue weighted by atomic mass is 16.4. The minimum Gasteiger partial charge on any atom is -0.481 e. The molecule has 2 aliphatic rings. The van der Waals surface area contributed by atoms with Gasteiger partial charge in [-0.1, -0.05) is 18.6 Å². The van der Waals surface area contributed by atoms with Gasteiger partial charge in [0, 0.05) is 12.1 Å². The molecule has 0 aromatic heterocycles. The van der Waals surface area contributed by atoms with Crippen molar-refractivity contribution >= 4 is 12.0 Å². The number of urea groups is 1. The number of carbonyl (C=O) groups excluding carboxylic acids is 1. The van der Waals surface area contributed by atoms with Gasteiger partial charge in [0.15, 0.2) is 0 Å². The Balaban J connectivity index is 1.88. The number of carbonyl (C=O) groups is 2. The first-order valence-corrected chi connectivity index (χ1v) is 6.98. The van der Waals surface area contributed by atoms with Crippen molar-refractivity contribution < 1.29 is 14.7 Å². The van der Waals surface area contributed by atoms with Crippen LogP contribution in [0, 0.1) is 5.41 Å². The van der Waals surface area contributed by atoms with Crippen molar-refractivity contribution in [2.75, 3.05) is 0 Å². The van der Waals surface area contributed by atoms with E-state index in [-0.39, 0.29) is 18.1 Å². The van der Waals surface area contributed by atoms with Crippen molar-refractivity contribution in [1.82, 2.24) is 10.6 Å². The lowest BCUT2D eigenvalue weighted by atomic mass is 9.85. The molecule has 0 spiro atoms. The molecule has 1 fully saturated rings. The third-order valence-electron chi connectivity index (χ3n) is 4.36. The number of amides is 2. The van der Waals surface area contributed by atoms with E-state index in [4.69, 9.17) is 0 Å². The SMILES string of the molecule is CC1(C(=O)O)CCCC1NC(=O)NC1CC=CCC1. The Morgan fingerprint density at radius 1 is 1.26 bits per heavy atom. The van der Waals surface area contributed by atoms with Gasteiger partial charge in [-0.2, -0.15) is 0 Å². The average Bonchev–Trinajstić information content (AvgIpc) is 2.73. The summed E-state index contributed by atoms with van der Waals surface area (Å²) in [6.45, 7) is 1.72. The molecule has 0 bridgehead atoms. The normalized spacial score (nSPS) is 33.9. The van der Waals surface area contributed by atoms with E-state index >= 15 is 0 Å². The van der Waals surface area contributed by atoms with Gasteiger partial charge in [-0.3, -0.25) is 4.79 Å². The number of hydrogen-bond donors (Lipinski definition) is 3. The minimum absolute atomic E-state index is 0.169. The Morgan fingerprint density at radius 2 is 2.05 bits per heavy atom. The fraction of sp³-hybridized carbons (Fsp3) is 0.714. The van der Waals surface area contributed by atoms with Crippen LogP contribution in [-0.4, -0.2) is 29.2 Å². The molecule has 3 unspecified atom stereocenters. The number of carboxylic acid groups (broad SMARTS) is 1. The summed E-state index contributed by atoms with van der Waals surface area (Å²) >= 11 is 0. The zero-order chi connectivity index (χ0) is 13.9. The molecule has 1 saturated carbocycles. The summed E-state index contributed by atoms with van der Waals surface area (Å²) < 4.78 is 0. The Bertz CT molecular complexity index is 394. The van der Waals surface area contributed by atoms with Gasteiger partial charge in [0.1, 0.15) is 0 Å². The van der Waals surface area contributed by atoms with Crippen LogP contribution >= 0.6 is 0 Å². The van der Waals surface area contributed by atoms with Crippen LogP contribution in [0.4, 0.5) is 4.79 Å². The van der Waals surface area contributed by atoms with Crippen molar-refractivity contribution in [3.63, 3.8) is 0 Å². The molecular formula is C14H22N2O3. The van der Waals surface area contributed by atoms with Gasteiger partial charge >= 0.3 is 12.0 Å². The fourth-order valence-electron chi connectivity index (χ4n) is 2.96. The van der Waals surface area contributed by atoms with E-state index < -0.39 is 11.4 Å². The maximum Gasteiger partial charge on any atom is 0.315 e. The lowest BCUT2D eigenvalue weighted by molar-refractivity contribution is -0.148. The monoisotopic (exact) mass is 266 g/mol. The van der Waals surface area contributed by atoms with Gasteiger partial charge in [-0.05, 0) is 39.0 Å². The summed E-state index contributed by atoms with van der Waals surface area (Å²) in [6, 6.07) is -0.341. The summed E-state index contributed by atoms with van der Waals surface area (Å²) in [5.74, 6) is -0.823. The number of rotatable bonds is 3. The molecule has 2 aliphatic carbocycles. The second-order valence-corrected chi connectivity index (χ2v) is 5.77. The van der Waals surface area contributed by atoms with Gasteiger partial charge in [0.2, 0.25) is 0 Å². The summed E-state index contributed by atoms with van der Waals surface area (Å²) in [5, 5.41) is 15.1. The number of carboxylic acids is 1. The van der Waals surface area contributed by atoms with Crippen LogP contribution in [0.1, 0.15) is 45.4 Å². The van der Waals surface area contributed by atoms with E-state index in [1.165, 1.54) is 0 Å². The topological polar surface area (TPSA) is 78.4 Å². The van der Waals surface area contributed by atoms with Crippen LogP contribution in [0.3, 0.4) is 0 Å². The van der Waals surface area contributed by atoms with Gasteiger partial charge in [-0.15, -0.1) is 0 Å². The first kappa shape index (κ1) is 13.9. The summed E-state index contributed by atoms with van der Waals surface area (Å²) in [5.41, 5.74) is -0.830. The molecule has 3 N–H and O–H groups in total. The van der Waals surface area contributed by atoms with E-state index in [2.05, 4.69) is 22.8 Å². The molecule has 19 heavy (non-hydrogen) atoms. The first-order valence-electron chi connectivity index (χ1n) is 6.98. The standard InChI is InChI=1S/C14H22N2O3/c1-14(12(17)18)9-5-8-11(14)16-13(19)15-10-6-3-2-4-7-10/h2-3,10-11H,4-9H2,1H3,(H,17,18)(H2,15,16,19). The Hall–Kier alpha value is -1.52. The van der Waals surface area contributed by atoms with Crippen molar-refractivity contribution in [3.8, 4) is 0 Å². The summed E-state index contributed by atoms with van der Waals surface area (Å²) in [4.78, 5) is 23.3. The summed E-state index contributed by atoms with van der Waals surface area (Å²) in [7, 11) is 0. The molecule has 0 saturated heterocycles. The van der Waals surface area contributed by atoms with Crippen LogP contribution in [0.15, 0.2) is 12.2 Å². The number of aliphatic carboxylic acids is 1. The third kappa shape index (κ3) is 3.08. The highest BCUT2D eigenvalue weighted by Gasteiger charge is 2.45. The Kier molecular flexibility index (Phi) is 4.12. The lowest BCUT2D eigenvalue weighted by Crippen LogP contribution is -2.52. The highest BCUT2D eigenvalue weighted by molar-refractivity contribution is 5.79. The zero-order valence-electron chi connectivity index (χ0n) is 11.3. The lowest BCUT2D eigenvalue weighted by Gasteiger charge is -2.29. The molecule has 5 heteroatoms. The zero-order valence-corrected chi connectivity index (χ0v) is 11.3. The molecule has 0 radical (unpaired) electrons. The number of nitrogens with one attached hydrogen (secondary N) is 2. The Labute approximate surface area is 113 Å². The van der Waals surface area contributed by atoms with Crippen LogP contribution in [0.25, 0.3) is 0 Å². The second kappa shape index (κ2) is 5.63. The largest absolute Gasteiger partial charge is 0.481 e. The number of hydrogen-bond acceptors (Lipinski definition) is 2. The summed E-state index contributed by atoms with van der Waals surface area (Å²) in [6.07, 6.45) is 9.19. The number of allylic oxidation sites excluding steroid dienone is 1. The quantitative estimate of drug-likeness (QED) is 0.684. The van der Waals surface area contributed by atoms with Crippen molar-refractivity contribution in [3.05, 3.63) is 12.2 Å². The molecule has 0 aromatic carbocycles. The predicted octanol–water partition coefficient (Wildman–Crippen LogP) is 2.04. The van der Waals surface area contributed by atoms with Gasteiger partial charge in [-0.25, -0.2) is 4.79 Å². The van der Waals surface area contributed by atoms with Gasteiger partial charge in [0.25, 0.3) is 0 Å². The van der Waals surface area contributed by atoms with E-state index in [0.717, 1.165) is 32.1 Å². The molecule has 2 amide bonds. The van der Waals surface area contributed by atoms with Crippen LogP contribution < -0.4 is 10.6 Å². The van der Waals surface area contributed by atoms with Gasteiger partial charge < -0.3 is 15.7 Å². The minimum atomic E-state index is -0.830. The molecule has 106 valence electrons. The second-order valence-electron chi connectivity index (χ2n) is 5.77. The van der Waals surface area contributed by atoms with Crippen LogP contribution in [0.2, 0.25) is 0 Å². The van der Waals surface area contributed by atoms with Gasteiger partial charge in [0.05, 0.1) is 5.41 Å². The molecular weight excluding hydrogens is 244 g/mol. The average molecular weight is 266 g/mol. The third-order valence-corrected chi connectivity index (χ3v) is 4.36. The first-order chi connectivity index (χ1) is 9.02. The van der Waals surface area contributed by atoms with Crippen molar-refractivity contribution in [2.24, 2.45) is 5.41 Å². The van der Waals surface area contributed by atoms with E-state index in [1.54, 1.807) is 6.92 Å². The van der Waals surface area contributed by atoms with Crippen molar-refractivity contribution in [1.29, 1.82) is 0 Å². The molecule has 0 aliphatic heterocycles. The maximum atomic E-state index is 11.9. The highest BCUT2D eigenvalue weighted by Crippen LogP contribution is 2.38. The van der Waals surface area contributed by atoms with Crippen LogP contribution in [-0.2, 0) is 4.79 Å². The maximum absolute atomic E-state index is 11.9. The van der Waals surface area contributed by atoms with Crippen LogP contribution in [0.5, 0.6) is 0 Å².